The average Bonchev–Trinajstić information content (AvgIpc) is 2.64. The zero-order valence-corrected chi connectivity index (χ0v) is 9.90. The van der Waals surface area contributed by atoms with Crippen molar-refractivity contribution >= 4 is 6.08 Å². The van der Waals surface area contributed by atoms with Gasteiger partial charge in [-0.1, -0.05) is 19.9 Å². The molecule has 0 aliphatic rings. The molecule has 0 bridgehead atoms. The van der Waals surface area contributed by atoms with Crippen LogP contribution in [0.5, 0.6) is 0 Å². The summed E-state index contributed by atoms with van der Waals surface area (Å²) in [4.78, 5) is 4.28. The van der Waals surface area contributed by atoms with E-state index >= 15 is 0 Å². The Morgan fingerprint density at radius 2 is 2.33 bits per heavy atom. The van der Waals surface area contributed by atoms with Gasteiger partial charge in [0.15, 0.2) is 0 Å². The molecule has 0 aliphatic heterocycles. The molecule has 3 heteroatoms. The second-order valence-electron chi connectivity index (χ2n) is 3.87. The van der Waals surface area contributed by atoms with Gasteiger partial charge in [0.05, 0.1) is 0 Å². The number of nitrogens with zero attached hydrogens (tertiary/aromatic N) is 2. The quantitative estimate of drug-likeness (QED) is 0.725. The smallest absolute Gasteiger partial charge is 0.132 e. The highest BCUT2D eigenvalue weighted by Gasteiger charge is 1.94. The first-order valence-electron chi connectivity index (χ1n) is 5.65. The molecule has 1 N–H and O–H groups in total. The predicted octanol–water partition coefficient (Wildman–Crippen LogP) is 2.30. The Labute approximate surface area is 92.2 Å². The van der Waals surface area contributed by atoms with Crippen molar-refractivity contribution in [1.82, 2.24) is 14.9 Å². The Morgan fingerprint density at radius 1 is 1.53 bits per heavy atom. The van der Waals surface area contributed by atoms with E-state index in [-0.39, 0.29) is 0 Å². The molecule has 0 saturated carbocycles. The van der Waals surface area contributed by atoms with Gasteiger partial charge in [0.1, 0.15) is 5.82 Å². The first kappa shape index (κ1) is 12.0. The van der Waals surface area contributed by atoms with Crippen LogP contribution in [0.25, 0.3) is 6.08 Å². The Balaban J connectivity index is 2.31. The third kappa shape index (κ3) is 4.30. The topological polar surface area (TPSA) is 29.9 Å². The van der Waals surface area contributed by atoms with Gasteiger partial charge in [-0.15, -0.1) is 0 Å². The summed E-state index contributed by atoms with van der Waals surface area (Å²) in [6, 6.07) is 0.566. The first-order valence-corrected chi connectivity index (χ1v) is 5.65. The molecule has 0 aliphatic carbocycles. The highest BCUT2D eigenvalue weighted by atomic mass is 15.0. The van der Waals surface area contributed by atoms with Crippen LogP contribution in [0.1, 0.15) is 33.0 Å². The molecule has 0 fully saturated rings. The maximum atomic E-state index is 4.28. The molecule has 1 rings (SSSR count). The summed E-state index contributed by atoms with van der Waals surface area (Å²) in [5.41, 5.74) is 0. The van der Waals surface area contributed by atoms with Gasteiger partial charge >= 0.3 is 0 Å². The summed E-state index contributed by atoms with van der Waals surface area (Å²) in [5, 5.41) is 3.38. The van der Waals surface area contributed by atoms with Crippen molar-refractivity contribution in [1.29, 1.82) is 0 Å². The maximum absolute atomic E-state index is 4.28. The average molecular weight is 207 g/mol. The number of nitrogens with one attached hydrogen (secondary N) is 1. The fourth-order valence-electron chi connectivity index (χ4n) is 1.39. The minimum atomic E-state index is 0.566. The van der Waals surface area contributed by atoms with Crippen molar-refractivity contribution in [2.24, 2.45) is 0 Å². The van der Waals surface area contributed by atoms with Crippen LogP contribution in [-0.2, 0) is 6.54 Å². The normalized spacial score (nSPS) is 11.7. The molecule has 0 amide bonds. The van der Waals surface area contributed by atoms with Crippen LogP contribution in [0.3, 0.4) is 0 Å². The van der Waals surface area contributed by atoms with Crippen LogP contribution >= 0.6 is 0 Å². The highest BCUT2D eigenvalue weighted by molar-refractivity contribution is 5.40. The highest BCUT2D eigenvalue weighted by Crippen LogP contribution is 2.00. The SMILES string of the molecule is CCn1ccnc1C=CCCNC(C)C. The van der Waals surface area contributed by atoms with E-state index in [9.17, 15) is 0 Å². The number of rotatable bonds is 6. The molecule has 1 aromatic heterocycles. The van der Waals surface area contributed by atoms with Gasteiger partial charge in [-0.05, 0) is 26.0 Å². The molecule has 1 aromatic rings. The van der Waals surface area contributed by atoms with Gasteiger partial charge in [0, 0.05) is 25.0 Å². The lowest BCUT2D eigenvalue weighted by Gasteiger charge is -2.04. The summed E-state index contributed by atoms with van der Waals surface area (Å²) in [6.45, 7) is 8.45. The maximum Gasteiger partial charge on any atom is 0.132 e. The Morgan fingerprint density at radius 3 is 3.00 bits per heavy atom. The Kier molecular flexibility index (Phi) is 5.12. The second-order valence-corrected chi connectivity index (χ2v) is 3.87. The van der Waals surface area contributed by atoms with Gasteiger partial charge in [-0.25, -0.2) is 4.98 Å². The molecular weight excluding hydrogens is 186 g/mol. The van der Waals surface area contributed by atoms with Crippen LogP contribution in [0, 0.1) is 0 Å². The molecule has 0 spiro atoms. The van der Waals surface area contributed by atoms with E-state index in [1.54, 1.807) is 0 Å². The van der Waals surface area contributed by atoms with E-state index in [2.05, 4.69) is 47.8 Å². The number of imidazole rings is 1. The van der Waals surface area contributed by atoms with Gasteiger partial charge in [0.2, 0.25) is 0 Å². The van der Waals surface area contributed by atoms with E-state index in [1.165, 1.54) is 0 Å². The number of aromatic nitrogens is 2. The second kappa shape index (κ2) is 6.40. The zero-order valence-electron chi connectivity index (χ0n) is 9.90. The summed E-state index contributed by atoms with van der Waals surface area (Å²) in [6.07, 6.45) is 9.16. The number of aryl methyl sites for hydroxylation is 1. The van der Waals surface area contributed by atoms with Crippen molar-refractivity contribution < 1.29 is 0 Å². The van der Waals surface area contributed by atoms with Crippen LogP contribution in [0.2, 0.25) is 0 Å². The monoisotopic (exact) mass is 207 g/mol. The molecule has 0 atom stereocenters. The summed E-state index contributed by atoms with van der Waals surface area (Å²) < 4.78 is 2.13. The molecule has 0 unspecified atom stereocenters. The number of hydrogen-bond acceptors (Lipinski definition) is 2. The molecule has 84 valence electrons. The van der Waals surface area contributed by atoms with Crippen molar-refractivity contribution in [2.45, 2.75) is 39.8 Å². The standard InChI is InChI=1S/C12H21N3/c1-4-15-10-9-14-12(15)7-5-6-8-13-11(2)3/h5,7,9-11,13H,4,6,8H2,1-3H3. The number of hydrogen-bond donors (Lipinski definition) is 1. The minimum absolute atomic E-state index is 0.566. The van der Waals surface area contributed by atoms with E-state index < -0.39 is 0 Å². The zero-order chi connectivity index (χ0) is 11.1. The first-order chi connectivity index (χ1) is 7.24. The van der Waals surface area contributed by atoms with Crippen LogP contribution < -0.4 is 5.32 Å². The summed E-state index contributed by atoms with van der Waals surface area (Å²) >= 11 is 0. The van der Waals surface area contributed by atoms with Gasteiger partial charge in [-0.2, -0.15) is 0 Å². The van der Waals surface area contributed by atoms with Gasteiger partial charge < -0.3 is 9.88 Å². The van der Waals surface area contributed by atoms with E-state index in [4.69, 9.17) is 0 Å². The minimum Gasteiger partial charge on any atom is -0.332 e. The van der Waals surface area contributed by atoms with Crippen molar-refractivity contribution in [3.63, 3.8) is 0 Å². The lowest BCUT2D eigenvalue weighted by Crippen LogP contribution is -2.23. The Hall–Kier alpha value is -1.09. The molecular formula is C12H21N3. The van der Waals surface area contributed by atoms with Crippen molar-refractivity contribution in [2.75, 3.05) is 6.54 Å². The van der Waals surface area contributed by atoms with Crippen molar-refractivity contribution in [3.05, 3.63) is 24.3 Å². The fourth-order valence-corrected chi connectivity index (χ4v) is 1.39. The Bertz CT molecular complexity index is 300. The third-order valence-corrected chi connectivity index (χ3v) is 2.22. The fraction of sp³-hybridized carbons (Fsp3) is 0.583. The van der Waals surface area contributed by atoms with E-state index in [0.29, 0.717) is 6.04 Å². The summed E-state index contributed by atoms with van der Waals surface area (Å²) in [7, 11) is 0. The van der Waals surface area contributed by atoms with E-state index in [1.807, 2.05) is 12.4 Å². The molecule has 0 saturated heterocycles. The lowest BCUT2D eigenvalue weighted by molar-refractivity contribution is 0.595. The van der Waals surface area contributed by atoms with E-state index in [0.717, 1.165) is 25.3 Å². The molecule has 0 radical (unpaired) electrons. The van der Waals surface area contributed by atoms with Gasteiger partial charge in [0.25, 0.3) is 0 Å². The summed E-state index contributed by atoms with van der Waals surface area (Å²) in [5.74, 6) is 1.04. The van der Waals surface area contributed by atoms with Crippen LogP contribution in [0.4, 0.5) is 0 Å². The third-order valence-electron chi connectivity index (χ3n) is 2.22. The largest absolute Gasteiger partial charge is 0.332 e. The molecule has 1 heterocycles. The van der Waals surface area contributed by atoms with Crippen molar-refractivity contribution in [3.8, 4) is 0 Å². The molecule has 0 aromatic carbocycles. The van der Waals surface area contributed by atoms with Crippen LogP contribution in [-0.4, -0.2) is 22.1 Å². The van der Waals surface area contributed by atoms with Crippen LogP contribution in [0.15, 0.2) is 18.5 Å². The van der Waals surface area contributed by atoms with Gasteiger partial charge in [-0.3, -0.25) is 0 Å². The predicted molar refractivity (Wildman–Crippen MR) is 64.7 cm³/mol. The lowest BCUT2D eigenvalue weighted by atomic mass is 10.3. The molecule has 3 nitrogen and oxygen atoms in total. The molecule has 15 heavy (non-hydrogen) atoms.